The molecule has 2 aliphatic rings. The first-order valence-corrected chi connectivity index (χ1v) is 12.3. The van der Waals surface area contributed by atoms with Crippen molar-refractivity contribution in [1.29, 1.82) is 0 Å². The van der Waals surface area contributed by atoms with E-state index >= 15 is 0 Å². The third-order valence-corrected chi connectivity index (χ3v) is 8.70. The number of likely N-dealkylation sites (N-methyl/N-ethyl adjacent to an activating group) is 1. The molecule has 1 heterocycles. The number of piperazine rings is 1. The number of benzene rings is 2. The number of quaternary nitrogens is 1. The van der Waals surface area contributed by atoms with Crippen molar-refractivity contribution in [2.24, 2.45) is 0 Å². The normalized spacial score (nSPS) is 19.5. The summed E-state index contributed by atoms with van der Waals surface area (Å²) in [4.78, 5) is 15.0. The second kappa shape index (κ2) is 8.29. The molecule has 0 radical (unpaired) electrons. The highest BCUT2D eigenvalue weighted by Crippen LogP contribution is 2.27. The van der Waals surface area contributed by atoms with Crippen LogP contribution in [0.1, 0.15) is 25.7 Å². The molecule has 2 fully saturated rings. The molecule has 0 unspecified atom stereocenters. The Hall–Kier alpha value is -1.96. The number of nitrogens with zero attached hydrogens (tertiary/aromatic N) is 3. The molecule has 1 saturated carbocycles. The van der Waals surface area contributed by atoms with Crippen LogP contribution in [-0.2, 0) is 14.8 Å². The number of carbonyl (C=O) groups is 1. The fraction of sp³-hybridized carbons (Fsp3) is 0.522. The largest absolute Gasteiger partial charge is 0.335 e. The van der Waals surface area contributed by atoms with Crippen LogP contribution >= 0.6 is 0 Å². The van der Waals surface area contributed by atoms with Crippen molar-refractivity contribution in [2.75, 3.05) is 46.8 Å². The highest BCUT2D eigenvalue weighted by molar-refractivity contribution is 7.89. The van der Waals surface area contributed by atoms with E-state index in [4.69, 9.17) is 0 Å². The van der Waals surface area contributed by atoms with Crippen molar-refractivity contribution in [3.05, 3.63) is 42.5 Å². The summed E-state index contributed by atoms with van der Waals surface area (Å²) in [6.07, 6.45) is 4.90. The quantitative estimate of drug-likeness (QED) is 0.686. The average molecular weight is 431 g/mol. The lowest BCUT2D eigenvalue weighted by Crippen LogP contribution is -2.57. The van der Waals surface area contributed by atoms with Crippen LogP contribution in [0.3, 0.4) is 0 Å². The lowest BCUT2D eigenvalue weighted by atomic mass is 10.1. The standard InChI is InChI=1S/C23H32N3O3S/c1-26(2,21-9-5-6-10-21)18-23(27)24-13-15-25(16-14-24)30(28,29)22-12-11-19-7-3-4-8-20(19)17-22/h3-4,7-8,11-12,17,21H,5-6,9-10,13-16,18H2,1-2H3/q+1. The van der Waals surface area contributed by atoms with E-state index in [1.165, 1.54) is 30.0 Å². The number of rotatable bonds is 5. The van der Waals surface area contributed by atoms with Crippen LogP contribution in [0, 0.1) is 0 Å². The summed E-state index contributed by atoms with van der Waals surface area (Å²) < 4.78 is 28.5. The molecule has 1 saturated heterocycles. The fourth-order valence-corrected chi connectivity index (χ4v) is 6.29. The van der Waals surface area contributed by atoms with Crippen LogP contribution in [0.5, 0.6) is 0 Å². The van der Waals surface area contributed by atoms with E-state index in [1.54, 1.807) is 12.1 Å². The molecular weight excluding hydrogens is 398 g/mol. The number of amides is 1. The number of hydrogen-bond donors (Lipinski definition) is 0. The molecule has 2 aromatic carbocycles. The van der Waals surface area contributed by atoms with Crippen LogP contribution in [0.4, 0.5) is 0 Å². The van der Waals surface area contributed by atoms with Gasteiger partial charge >= 0.3 is 0 Å². The molecule has 1 amide bonds. The highest BCUT2D eigenvalue weighted by Gasteiger charge is 2.36. The van der Waals surface area contributed by atoms with E-state index in [2.05, 4.69) is 14.1 Å². The first-order chi connectivity index (χ1) is 14.3. The van der Waals surface area contributed by atoms with E-state index in [-0.39, 0.29) is 5.91 Å². The number of sulfonamides is 1. The van der Waals surface area contributed by atoms with Crippen molar-refractivity contribution in [3.8, 4) is 0 Å². The van der Waals surface area contributed by atoms with Gasteiger partial charge in [0.1, 0.15) is 0 Å². The van der Waals surface area contributed by atoms with Gasteiger partial charge in [0.15, 0.2) is 6.54 Å². The second-order valence-corrected chi connectivity index (χ2v) is 11.1. The highest BCUT2D eigenvalue weighted by atomic mass is 32.2. The first kappa shape index (κ1) is 21.3. The fourth-order valence-electron chi connectivity index (χ4n) is 4.84. The van der Waals surface area contributed by atoms with Crippen LogP contribution < -0.4 is 0 Å². The summed E-state index contributed by atoms with van der Waals surface area (Å²) in [5.41, 5.74) is 0. The monoisotopic (exact) mass is 430 g/mol. The summed E-state index contributed by atoms with van der Waals surface area (Å²) in [5.74, 6) is 0.134. The topological polar surface area (TPSA) is 57.7 Å². The van der Waals surface area contributed by atoms with Crippen molar-refractivity contribution in [1.82, 2.24) is 9.21 Å². The van der Waals surface area contributed by atoms with E-state index in [0.29, 0.717) is 43.7 Å². The van der Waals surface area contributed by atoms with Crippen molar-refractivity contribution in [3.63, 3.8) is 0 Å². The minimum Gasteiger partial charge on any atom is -0.335 e. The van der Waals surface area contributed by atoms with Gasteiger partial charge in [0.05, 0.1) is 25.0 Å². The number of hydrogen-bond acceptors (Lipinski definition) is 3. The van der Waals surface area contributed by atoms with Gasteiger partial charge in [-0.25, -0.2) is 8.42 Å². The van der Waals surface area contributed by atoms with Gasteiger partial charge in [0, 0.05) is 26.2 Å². The van der Waals surface area contributed by atoms with Gasteiger partial charge in [-0.3, -0.25) is 4.79 Å². The van der Waals surface area contributed by atoms with Gasteiger partial charge in [-0.2, -0.15) is 4.31 Å². The Balaban J connectivity index is 1.40. The molecule has 1 aliphatic heterocycles. The lowest BCUT2D eigenvalue weighted by Gasteiger charge is -2.39. The molecule has 30 heavy (non-hydrogen) atoms. The molecule has 4 rings (SSSR count). The SMILES string of the molecule is C[N+](C)(CC(=O)N1CCN(S(=O)(=O)c2ccc3ccccc3c2)CC1)C1CCCC1. The Morgan fingerprint density at radius 1 is 0.967 bits per heavy atom. The number of carbonyl (C=O) groups excluding carboxylic acids is 1. The predicted octanol–water partition coefficient (Wildman–Crippen LogP) is 2.69. The van der Waals surface area contributed by atoms with Gasteiger partial charge in [-0.15, -0.1) is 0 Å². The molecule has 0 atom stereocenters. The smallest absolute Gasteiger partial charge is 0.277 e. The van der Waals surface area contributed by atoms with Gasteiger partial charge in [-0.05, 0) is 48.6 Å². The van der Waals surface area contributed by atoms with Gasteiger partial charge in [0.2, 0.25) is 10.0 Å². The predicted molar refractivity (Wildman–Crippen MR) is 119 cm³/mol. The Kier molecular flexibility index (Phi) is 5.88. The zero-order valence-corrected chi connectivity index (χ0v) is 18.8. The summed E-state index contributed by atoms with van der Waals surface area (Å²) in [6, 6.07) is 13.6. The Labute approximate surface area is 179 Å². The zero-order chi connectivity index (χ0) is 21.4. The maximum atomic E-state index is 13.1. The third kappa shape index (κ3) is 4.24. The van der Waals surface area contributed by atoms with Gasteiger partial charge in [-0.1, -0.05) is 30.3 Å². The molecule has 6 nitrogen and oxygen atoms in total. The Morgan fingerprint density at radius 2 is 1.60 bits per heavy atom. The molecule has 1 aliphatic carbocycles. The number of fused-ring (bicyclic) bond motifs is 1. The average Bonchev–Trinajstić information content (AvgIpc) is 3.29. The molecule has 0 bridgehead atoms. The summed E-state index contributed by atoms with van der Waals surface area (Å²) in [7, 11) is 0.735. The lowest BCUT2D eigenvalue weighted by molar-refractivity contribution is -0.907. The van der Waals surface area contributed by atoms with E-state index < -0.39 is 10.0 Å². The molecule has 162 valence electrons. The van der Waals surface area contributed by atoms with Crippen LogP contribution in [0.15, 0.2) is 47.4 Å². The molecular formula is C23H32N3O3S+. The van der Waals surface area contributed by atoms with Crippen LogP contribution in [0.25, 0.3) is 10.8 Å². The molecule has 7 heteroatoms. The molecule has 0 spiro atoms. The van der Waals surface area contributed by atoms with Gasteiger partial charge in [0.25, 0.3) is 5.91 Å². The Bertz CT molecular complexity index is 1020. The van der Waals surface area contributed by atoms with Crippen LogP contribution in [0.2, 0.25) is 0 Å². The maximum Gasteiger partial charge on any atom is 0.277 e. The minimum absolute atomic E-state index is 0.134. The van der Waals surface area contributed by atoms with E-state index in [0.717, 1.165) is 15.3 Å². The van der Waals surface area contributed by atoms with Gasteiger partial charge < -0.3 is 9.38 Å². The van der Waals surface area contributed by atoms with E-state index in [9.17, 15) is 13.2 Å². The molecule has 0 aromatic heterocycles. The van der Waals surface area contributed by atoms with Crippen molar-refractivity contribution >= 4 is 26.7 Å². The van der Waals surface area contributed by atoms with Crippen LogP contribution in [-0.4, -0.2) is 80.9 Å². The zero-order valence-electron chi connectivity index (χ0n) is 18.0. The molecule has 0 N–H and O–H groups in total. The van der Waals surface area contributed by atoms with Crippen molar-refractivity contribution < 1.29 is 17.7 Å². The van der Waals surface area contributed by atoms with E-state index in [1.807, 2.05) is 35.2 Å². The second-order valence-electron chi connectivity index (χ2n) is 9.17. The summed E-state index contributed by atoms with van der Waals surface area (Å²) in [6.45, 7) is 2.09. The Morgan fingerprint density at radius 3 is 2.27 bits per heavy atom. The molecule has 2 aromatic rings. The maximum absolute atomic E-state index is 13.1. The van der Waals surface area contributed by atoms with Crippen molar-refractivity contribution in [2.45, 2.75) is 36.6 Å². The minimum atomic E-state index is -3.56. The third-order valence-electron chi connectivity index (χ3n) is 6.81. The summed E-state index contributed by atoms with van der Waals surface area (Å²) in [5, 5.41) is 1.94. The first-order valence-electron chi connectivity index (χ1n) is 10.9. The summed E-state index contributed by atoms with van der Waals surface area (Å²) >= 11 is 0.